The van der Waals surface area contributed by atoms with Gasteiger partial charge in [-0.3, -0.25) is 53.1 Å². The molecule has 1 saturated carbocycles. The molecule has 6 aliphatic heterocycles. The van der Waals surface area contributed by atoms with Gasteiger partial charge in [-0.25, -0.2) is 0 Å². The van der Waals surface area contributed by atoms with Gasteiger partial charge in [-0.1, -0.05) is 101 Å². The molecule has 26 heteroatoms. The average molecular weight is 1630 g/mol. The summed E-state index contributed by atoms with van der Waals surface area (Å²) in [6.45, 7) is 20.6. The maximum Gasteiger partial charge on any atom is 0.265 e. The van der Waals surface area contributed by atoms with E-state index in [9.17, 15) is 38.4 Å². The van der Waals surface area contributed by atoms with Crippen molar-refractivity contribution in [2.24, 2.45) is 11.8 Å². The summed E-state index contributed by atoms with van der Waals surface area (Å²) in [7, 11) is 11.5. The highest BCUT2D eigenvalue weighted by molar-refractivity contribution is 6.25. The number of nitrogens with one attached hydrogen (secondary N) is 2. The van der Waals surface area contributed by atoms with E-state index in [2.05, 4.69) is 49.0 Å². The number of imide groups is 3. The van der Waals surface area contributed by atoms with Crippen molar-refractivity contribution in [2.75, 3.05) is 158 Å². The Morgan fingerprint density at radius 1 is 0.437 bits per heavy atom. The Hall–Kier alpha value is -11.1. The fourth-order valence-corrected chi connectivity index (χ4v) is 16.8. The minimum absolute atomic E-state index is 0.0327. The summed E-state index contributed by atoms with van der Waals surface area (Å²) < 4.78 is 45.0. The fraction of sp³-hybridized carbons (Fsp3) is 0.462. The van der Waals surface area contributed by atoms with E-state index in [1.807, 2.05) is 112 Å². The first kappa shape index (κ1) is 87.3. The predicted octanol–water partition coefficient (Wildman–Crippen LogP) is 12.7. The average Bonchev–Trinajstić information content (AvgIpc) is 1.61. The van der Waals surface area contributed by atoms with Gasteiger partial charge >= 0.3 is 0 Å². The predicted molar refractivity (Wildman–Crippen MR) is 455 cm³/mol. The second kappa shape index (κ2) is 41.1. The summed E-state index contributed by atoms with van der Waals surface area (Å²) in [5, 5.41) is 5.96. The summed E-state index contributed by atoms with van der Waals surface area (Å²) >= 11 is 0. The van der Waals surface area contributed by atoms with Crippen LogP contribution in [0.4, 0.5) is 11.4 Å². The lowest BCUT2D eigenvalue weighted by Gasteiger charge is -2.36. The number of hydrogen-bond acceptors (Lipinski definition) is 21. The summed E-state index contributed by atoms with van der Waals surface area (Å²) in [5.74, 6) is 2.04. The Morgan fingerprint density at radius 3 is 1.26 bits per heavy atom. The first-order valence-electron chi connectivity index (χ1n) is 41.9. The summed E-state index contributed by atoms with van der Waals surface area (Å²) in [5.41, 5.74) is 7.69. The second-order valence-corrected chi connectivity index (χ2v) is 31.4. The molecule has 1 unspecified atom stereocenters. The number of likely N-dealkylation sites (tertiary alicyclic amines) is 1. The van der Waals surface area contributed by atoms with E-state index in [-0.39, 0.29) is 65.2 Å². The fourth-order valence-electron chi connectivity index (χ4n) is 16.8. The molecule has 6 heterocycles. The smallest absolute Gasteiger partial charge is 0.265 e. The zero-order valence-corrected chi connectivity index (χ0v) is 70.7. The molecule has 1 aliphatic carbocycles. The van der Waals surface area contributed by atoms with E-state index in [0.29, 0.717) is 138 Å². The molecule has 4 atom stereocenters. The molecule has 14 rings (SSSR count). The highest BCUT2D eigenvalue weighted by Crippen LogP contribution is 2.45. The molecule has 7 aromatic carbocycles. The lowest BCUT2D eigenvalue weighted by molar-refractivity contribution is -0.127. The number of carbonyl (C=O) groups is 8. The van der Waals surface area contributed by atoms with Gasteiger partial charge in [0, 0.05) is 97.0 Å². The van der Waals surface area contributed by atoms with Crippen molar-refractivity contribution in [3.8, 4) is 40.2 Å². The van der Waals surface area contributed by atoms with Crippen LogP contribution in [0.1, 0.15) is 194 Å². The van der Waals surface area contributed by atoms with Gasteiger partial charge in [-0.05, 0) is 173 Å². The number of carbonyl (C=O) groups excluding carboxylic acids is 8. The van der Waals surface area contributed by atoms with Crippen LogP contribution in [-0.4, -0.2) is 231 Å². The molecular weight excluding hydrogens is 1510 g/mol. The number of benzene rings is 7. The van der Waals surface area contributed by atoms with E-state index in [0.717, 1.165) is 138 Å². The number of anilines is 2. The molecule has 0 bridgehead atoms. The third kappa shape index (κ3) is 20.0. The van der Waals surface area contributed by atoms with Crippen LogP contribution in [0.5, 0.6) is 40.2 Å². The van der Waals surface area contributed by atoms with Gasteiger partial charge in [-0.2, -0.15) is 0 Å². The lowest BCUT2D eigenvalue weighted by Crippen LogP contribution is -2.46. The highest BCUT2D eigenvalue weighted by atomic mass is 16.5. The van der Waals surface area contributed by atoms with Crippen LogP contribution in [0.15, 0.2) is 140 Å². The number of rotatable bonds is 34. The van der Waals surface area contributed by atoms with Crippen LogP contribution in [0.2, 0.25) is 0 Å². The van der Waals surface area contributed by atoms with Gasteiger partial charge in [0.25, 0.3) is 35.4 Å². The molecule has 0 spiro atoms. The molecular formula is C93H116N10O16. The number of hydrogen-bond donors (Lipinski definition) is 2. The van der Waals surface area contributed by atoms with E-state index in [1.165, 1.54) is 14.7 Å². The van der Waals surface area contributed by atoms with Crippen molar-refractivity contribution in [1.29, 1.82) is 0 Å². The van der Waals surface area contributed by atoms with Gasteiger partial charge in [-0.15, -0.1) is 0 Å². The Labute approximate surface area is 699 Å². The van der Waals surface area contributed by atoms with Crippen molar-refractivity contribution in [1.82, 2.24) is 40.0 Å². The molecule has 3 saturated heterocycles. The maximum absolute atomic E-state index is 14.1. The molecule has 26 nitrogen and oxygen atoms in total. The zero-order chi connectivity index (χ0) is 84.4. The van der Waals surface area contributed by atoms with Gasteiger partial charge in [0.2, 0.25) is 11.8 Å². The molecule has 4 fully saturated rings. The van der Waals surface area contributed by atoms with E-state index in [1.54, 1.807) is 91.2 Å². The molecule has 119 heavy (non-hydrogen) atoms. The minimum atomic E-state index is -0.566. The number of piperazine rings is 2. The van der Waals surface area contributed by atoms with Crippen LogP contribution in [-0.2, 0) is 20.9 Å². The number of methoxy groups -OCH3 is 6. The van der Waals surface area contributed by atoms with Crippen molar-refractivity contribution >= 4 is 58.6 Å². The second-order valence-electron chi connectivity index (χ2n) is 31.4. The van der Waals surface area contributed by atoms with Crippen molar-refractivity contribution in [2.45, 2.75) is 123 Å². The van der Waals surface area contributed by atoms with Gasteiger partial charge in [0.05, 0.1) is 112 Å². The lowest BCUT2D eigenvalue weighted by atomic mass is 9.85. The Morgan fingerprint density at radius 2 is 0.857 bits per heavy atom. The normalized spacial score (nSPS) is 17.5. The Kier molecular flexibility index (Phi) is 30.1. The number of ether oxygens (including phenoxy) is 8. The zero-order valence-electron chi connectivity index (χ0n) is 70.7. The summed E-state index contributed by atoms with van der Waals surface area (Å²) in [4.78, 5) is 124. The highest BCUT2D eigenvalue weighted by Gasteiger charge is 2.47. The van der Waals surface area contributed by atoms with Crippen LogP contribution in [0.25, 0.3) is 0 Å². The summed E-state index contributed by atoms with van der Waals surface area (Å²) in [6.07, 6.45) is 7.23. The quantitative estimate of drug-likeness (QED) is 0.0280. The molecule has 0 radical (unpaired) electrons. The monoisotopic (exact) mass is 1630 g/mol. The molecule has 8 amide bonds. The van der Waals surface area contributed by atoms with Crippen LogP contribution < -0.4 is 53.6 Å². The maximum atomic E-state index is 14.1. The van der Waals surface area contributed by atoms with Crippen LogP contribution in [0, 0.1) is 11.8 Å². The van der Waals surface area contributed by atoms with Gasteiger partial charge in [0.1, 0.15) is 11.9 Å². The SMILES string of the molecule is CCN1CCN(c2cccc3c2C(=O)N([C@H](CCCNC(=O)C2CCC2)c2ccc(OC)c(OC)c2)C3=O)CC1.CCN1CCN(c2cccc3c2C(=O)N([C@H](CCCOCc2ccccc2)c2ccc(OC)c(OC)c2)C3=O)CC1.COc1ccc([C@@H](CCCNC(=O)C(C)C)N2C(=O)c3cccc(OC4CCN(C)C4)c3C2=O)cc1OC. The third-order valence-corrected chi connectivity index (χ3v) is 23.8. The molecule has 7 aromatic rings. The van der Waals surface area contributed by atoms with E-state index < -0.39 is 18.1 Å². The molecule has 2 N–H and O–H groups in total. The Bertz CT molecular complexity index is 4730. The number of nitrogens with zero attached hydrogens (tertiary/aromatic N) is 8. The van der Waals surface area contributed by atoms with Crippen molar-refractivity contribution in [3.63, 3.8) is 0 Å². The number of amides is 8. The third-order valence-electron chi connectivity index (χ3n) is 23.8. The largest absolute Gasteiger partial charge is 0.493 e. The topological polar surface area (TPSA) is 260 Å². The minimum Gasteiger partial charge on any atom is -0.493 e. The Balaban J connectivity index is 0.000000164. The first-order valence-corrected chi connectivity index (χ1v) is 41.9. The first-order chi connectivity index (χ1) is 57.8. The molecule has 0 aromatic heterocycles. The van der Waals surface area contributed by atoms with Crippen LogP contribution in [0.3, 0.4) is 0 Å². The van der Waals surface area contributed by atoms with Gasteiger partial charge in [0.15, 0.2) is 34.5 Å². The van der Waals surface area contributed by atoms with Gasteiger partial charge < -0.3 is 73.0 Å². The molecule has 634 valence electrons. The van der Waals surface area contributed by atoms with E-state index >= 15 is 0 Å². The van der Waals surface area contributed by atoms with E-state index in [4.69, 9.17) is 37.9 Å². The standard InChI is InChI=1S/C33H39N3O5.C31H40N4O5.C29H37N3O6/c1-4-34-17-19-35(20-18-34)28-13-8-12-26-31(28)33(38)36(32(26)37)27(25-15-16-29(39-2)30(22-25)40-3)14-9-21-41-23-24-10-6-5-7-11-24;1-4-33-16-18-34(19-17-33)25-11-6-10-23-28(25)31(38)35(30(23)37)24(12-7-15-32-29(36)21-8-5-9-21)22-13-14-26(39-2)27(20-22)40-3;1-18(2)27(33)30-14-7-9-22(19-11-12-23(36-4)25(16-19)37-5)32-28(34)21-8-6-10-24(26(21)29(32)35)38-20-13-15-31(3)17-20/h5-8,10-13,15-16,22,27H,4,9,14,17-21,23H2,1-3H3;6,10-11,13-14,20-21,24H,4-5,7-9,12,15-19H2,1-3H3,(H,32,36);6,8,10-12,16,18,20,22H,7,9,13-15,17H2,1-5H3,(H,30,33)/t27-;24-;20?,22-/m111/s1. The van der Waals surface area contributed by atoms with Crippen molar-refractivity contribution in [3.05, 3.63) is 195 Å². The number of likely N-dealkylation sites (N-methyl/N-ethyl adjacent to an activating group) is 3. The van der Waals surface area contributed by atoms with Crippen LogP contribution >= 0.6 is 0 Å². The summed E-state index contributed by atoms with van der Waals surface area (Å²) in [6, 6.07) is 41.4. The van der Waals surface area contributed by atoms with Crippen molar-refractivity contribution < 1.29 is 76.3 Å². The number of fused-ring (bicyclic) bond motifs is 3. The molecule has 7 aliphatic rings.